The first-order valence-electron chi connectivity index (χ1n) is 10.4. The molecule has 29 heavy (non-hydrogen) atoms. The van der Waals surface area contributed by atoms with Crippen molar-refractivity contribution in [3.05, 3.63) is 70.6 Å². The molecule has 1 amide bonds. The summed E-state index contributed by atoms with van der Waals surface area (Å²) in [7, 11) is 0. The van der Waals surface area contributed by atoms with Crippen molar-refractivity contribution in [2.75, 3.05) is 26.2 Å². The third-order valence-corrected chi connectivity index (χ3v) is 5.78. The highest BCUT2D eigenvalue weighted by atomic mass is 16.2. The molecule has 4 rings (SSSR count). The first-order chi connectivity index (χ1) is 14.2. The van der Waals surface area contributed by atoms with Crippen molar-refractivity contribution < 1.29 is 4.79 Å². The van der Waals surface area contributed by atoms with E-state index >= 15 is 0 Å². The molecule has 0 atom stereocenters. The summed E-state index contributed by atoms with van der Waals surface area (Å²) in [5.41, 5.74) is 3.06. The molecule has 0 saturated carbocycles. The van der Waals surface area contributed by atoms with E-state index in [0.29, 0.717) is 13.0 Å². The van der Waals surface area contributed by atoms with Crippen LogP contribution >= 0.6 is 0 Å². The van der Waals surface area contributed by atoms with Gasteiger partial charge >= 0.3 is 5.69 Å². The number of nitrogens with zero attached hydrogens (tertiary/aromatic N) is 2. The fourth-order valence-corrected chi connectivity index (χ4v) is 4.18. The quantitative estimate of drug-likeness (QED) is 0.650. The van der Waals surface area contributed by atoms with Crippen molar-refractivity contribution in [2.45, 2.75) is 31.7 Å². The Kier molecular flexibility index (Phi) is 6.10. The van der Waals surface area contributed by atoms with E-state index in [2.05, 4.69) is 27.3 Å². The number of piperidine rings is 1. The van der Waals surface area contributed by atoms with Crippen molar-refractivity contribution in [3.63, 3.8) is 0 Å². The molecule has 1 saturated heterocycles. The van der Waals surface area contributed by atoms with Crippen molar-refractivity contribution in [1.29, 1.82) is 0 Å². The predicted octanol–water partition coefficient (Wildman–Crippen LogP) is 2.72. The number of hydrogen-bond acceptors (Lipinski definition) is 3. The van der Waals surface area contributed by atoms with E-state index in [0.717, 1.165) is 49.9 Å². The zero-order valence-electron chi connectivity index (χ0n) is 16.6. The monoisotopic (exact) mass is 392 g/mol. The van der Waals surface area contributed by atoms with Crippen molar-refractivity contribution in [2.24, 2.45) is 0 Å². The van der Waals surface area contributed by atoms with Gasteiger partial charge in [0.25, 0.3) is 0 Å². The van der Waals surface area contributed by atoms with Crippen molar-refractivity contribution in [3.8, 4) is 0 Å². The maximum absolute atomic E-state index is 12.4. The summed E-state index contributed by atoms with van der Waals surface area (Å²) in [5, 5.41) is 3.03. The average Bonchev–Trinajstić information content (AvgIpc) is 3.09. The smallest absolute Gasteiger partial charge is 0.326 e. The number of rotatable bonds is 7. The molecule has 1 aliphatic rings. The number of amides is 1. The number of H-pyrrole nitrogens is 1. The molecule has 3 aromatic rings. The lowest BCUT2D eigenvalue weighted by atomic mass is 10.0. The number of carbonyl (C=O) groups is 1. The molecule has 6 heteroatoms. The zero-order chi connectivity index (χ0) is 20.1. The normalized spacial score (nSPS) is 15.6. The minimum absolute atomic E-state index is 0.0182. The molecule has 2 aromatic carbocycles. The van der Waals surface area contributed by atoms with Crippen LogP contribution in [0.1, 0.15) is 30.9 Å². The fraction of sp³-hybridized carbons (Fsp3) is 0.391. The van der Waals surface area contributed by atoms with E-state index in [9.17, 15) is 9.59 Å². The second kappa shape index (κ2) is 9.09. The van der Waals surface area contributed by atoms with E-state index in [1.807, 2.05) is 47.0 Å². The van der Waals surface area contributed by atoms with E-state index in [1.165, 1.54) is 5.56 Å². The summed E-state index contributed by atoms with van der Waals surface area (Å²) < 4.78 is 1.91. The van der Waals surface area contributed by atoms with Gasteiger partial charge in [-0.15, -0.1) is 0 Å². The van der Waals surface area contributed by atoms with Gasteiger partial charge in [0.2, 0.25) is 5.91 Å². The second-order valence-corrected chi connectivity index (χ2v) is 7.73. The van der Waals surface area contributed by atoms with Gasteiger partial charge in [0.05, 0.1) is 11.0 Å². The summed E-state index contributed by atoms with van der Waals surface area (Å²) in [6.45, 7) is 3.41. The lowest BCUT2D eigenvalue weighted by Crippen LogP contribution is -2.41. The maximum Gasteiger partial charge on any atom is 0.326 e. The summed E-state index contributed by atoms with van der Waals surface area (Å²) in [6, 6.07) is 18.2. The Labute approximate surface area is 170 Å². The molecule has 1 aliphatic heterocycles. The van der Waals surface area contributed by atoms with Crippen LogP contribution < -0.4 is 11.0 Å². The average molecular weight is 393 g/mol. The van der Waals surface area contributed by atoms with E-state index in [-0.39, 0.29) is 17.6 Å². The number of likely N-dealkylation sites (tertiary alicyclic amines) is 1. The number of aromatic nitrogens is 2. The van der Waals surface area contributed by atoms with Crippen LogP contribution in [-0.2, 0) is 11.2 Å². The molecule has 0 bridgehead atoms. The van der Waals surface area contributed by atoms with Gasteiger partial charge in [-0.2, -0.15) is 0 Å². The second-order valence-electron chi connectivity index (χ2n) is 7.73. The molecule has 1 fully saturated rings. The van der Waals surface area contributed by atoms with E-state index in [4.69, 9.17) is 0 Å². The third-order valence-electron chi connectivity index (χ3n) is 5.78. The summed E-state index contributed by atoms with van der Waals surface area (Å²) in [6.07, 6.45) is 3.19. The number of nitrogens with one attached hydrogen (secondary N) is 2. The maximum atomic E-state index is 12.4. The van der Waals surface area contributed by atoms with Gasteiger partial charge in [-0.25, -0.2) is 4.79 Å². The summed E-state index contributed by atoms with van der Waals surface area (Å²) in [4.78, 5) is 29.8. The molecule has 0 unspecified atom stereocenters. The van der Waals surface area contributed by atoms with Crippen LogP contribution in [0.5, 0.6) is 0 Å². The standard InChI is InChI=1S/C23H28N4O2/c28-22(11-10-18-6-2-1-3-7-18)24-14-17-26-15-12-19(13-16-26)27-21-9-5-4-8-20(21)25-23(27)29/h1-9,19H,10-17H2,(H,24,28)(H,25,29). The Hall–Kier alpha value is -2.86. The Morgan fingerprint density at radius 3 is 2.55 bits per heavy atom. The molecule has 0 spiro atoms. The van der Waals surface area contributed by atoms with Gasteiger partial charge in [0.1, 0.15) is 0 Å². The Balaban J connectivity index is 1.21. The number of benzene rings is 2. The number of carbonyl (C=O) groups excluding carboxylic acids is 1. The molecule has 0 radical (unpaired) electrons. The van der Waals surface area contributed by atoms with E-state index in [1.54, 1.807) is 0 Å². The Morgan fingerprint density at radius 1 is 1.03 bits per heavy atom. The number of aromatic amines is 1. The van der Waals surface area contributed by atoms with Gasteiger partial charge in [0, 0.05) is 38.6 Å². The first-order valence-corrected chi connectivity index (χ1v) is 10.4. The van der Waals surface area contributed by atoms with Gasteiger partial charge in [-0.3, -0.25) is 9.36 Å². The third kappa shape index (κ3) is 4.77. The minimum atomic E-state index is -0.0182. The van der Waals surface area contributed by atoms with Crippen LogP contribution in [-0.4, -0.2) is 46.5 Å². The highest BCUT2D eigenvalue weighted by Crippen LogP contribution is 2.24. The van der Waals surface area contributed by atoms with Crippen molar-refractivity contribution in [1.82, 2.24) is 19.8 Å². The van der Waals surface area contributed by atoms with Crippen LogP contribution in [0, 0.1) is 0 Å². The van der Waals surface area contributed by atoms with Crippen LogP contribution in [0.4, 0.5) is 0 Å². The van der Waals surface area contributed by atoms with Gasteiger partial charge < -0.3 is 15.2 Å². The molecule has 1 aromatic heterocycles. The molecular formula is C23H28N4O2. The summed E-state index contributed by atoms with van der Waals surface area (Å²) in [5.74, 6) is 0.106. The van der Waals surface area contributed by atoms with Crippen LogP contribution in [0.3, 0.4) is 0 Å². The highest BCUT2D eigenvalue weighted by Gasteiger charge is 2.23. The van der Waals surface area contributed by atoms with Crippen molar-refractivity contribution >= 4 is 16.9 Å². The zero-order valence-corrected chi connectivity index (χ0v) is 16.6. The van der Waals surface area contributed by atoms with Gasteiger partial charge in [-0.05, 0) is 37.0 Å². The predicted molar refractivity (Wildman–Crippen MR) is 115 cm³/mol. The highest BCUT2D eigenvalue weighted by molar-refractivity contribution is 5.76. The Morgan fingerprint density at radius 2 is 1.76 bits per heavy atom. The summed E-state index contributed by atoms with van der Waals surface area (Å²) >= 11 is 0. The lowest BCUT2D eigenvalue weighted by molar-refractivity contribution is -0.121. The van der Waals surface area contributed by atoms with E-state index < -0.39 is 0 Å². The number of hydrogen-bond donors (Lipinski definition) is 2. The lowest BCUT2D eigenvalue weighted by Gasteiger charge is -2.32. The number of para-hydroxylation sites is 2. The number of fused-ring (bicyclic) bond motifs is 1. The molecule has 6 nitrogen and oxygen atoms in total. The topological polar surface area (TPSA) is 70.1 Å². The number of imidazole rings is 1. The van der Waals surface area contributed by atoms with Gasteiger partial charge in [-0.1, -0.05) is 42.5 Å². The number of aryl methyl sites for hydroxylation is 1. The molecule has 152 valence electrons. The molecular weight excluding hydrogens is 364 g/mol. The fourth-order valence-electron chi connectivity index (χ4n) is 4.18. The molecule has 0 aliphatic carbocycles. The minimum Gasteiger partial charge on any atom is -0.355 e. The molecule has 2 heterocycles. The largest absolute Gasteiger partial charge is 0.355 e. The first kappa shape index (κ1) is 19.5. The van der Waals surface area contributed by atoms with Crippen LogP contribution in [0.2, 0.25) is 0 Å². The SMILES string of the molecule is O=C(CCc1ccccc1)NCCN1CCC(n2c(=O)[nH]c3ccccc32)CC1. The van der Waals surface area contributed by atoms with Gasteiger partial charge in [0.15, 0.2) is 0 Å². The molecule has 2 N–H and O–H groups in total. The van der Waals surface area contributed by atoms with Crippen LogP contribution in [0.25, 0.3) is 11.0 Å². The Bertz CT molecular complexity index is 1000. The van der Waals surface area contributed by atoms with Crippen LogP contribution in [0.15, 0.2) is 59.4 Å².